The average Bonchev–Trinajstić information content (AvgIpc) is 2.97. The van der Waals surface area contributed by atoms with E-state index in [0.717, 1.165) is 27.9 Å². The highest BCUT2D eigenvalue weighted by molar-refractivity contribution is 8.03. The molecule has 1 N–H and O–H groups in total. The lowest BCUT2D eigenvalue weighted by Gasteiger charge is -2.19. The van der Waals surface area contributed by atoms with E-state index in [2.05, 4.69) is 21.6 Å². The first-order valence-electron chi connectivity index (χ1n) is 5.35. The summed E-state index contributed by atoms with van der Waals surface area (Å²) >= 11 is 5.02. The second-order valence-corrected chi connectivity index (χ2v) is 7.54. The molecular weight excluding hydrogens is 272 g/mol. The van der Waals surface area contributed by atoms with Crippen molar-refractivity contribution in [2.45, 2.75) is 38.7 Å². The van der Waals surface area contributed by atoms with E-state index in [1.807, 2.05) is 13.3 Å². The Labute approximate surface area is 114 Å². The van der Waals surface area contributed by atoms with E-state index in [9.17, 15) is 5.26 Å². The van der Waals surface area contributed by atoms with E-state index < -0.39 is 0 Å². The zero-order valence-corrected chi connectivity index (χ0v) is 12.2. The van der Waals surface area contributed by atoms with Gasteiger partial charge in [0.25, 0.3) is 0 Å². The molecule has 92 valence electrons. The third-order valence-corrected chi connectivity index (χ3v) is 6.24. The largest absolute Gasteiger partial charge is 0.302 e. The third-order valence-electron chi connectivity index (χ3n) is 2.99. The number of nitriles is 1. The first-order chi connectivity index (χ1) is 8.21. The summed E-state index contributed by atoms with van der Waals surface area (Å²) in [6.07, 6.45) is 4.88. The van der Waals surface area contributed by atoms with Crippen LogP contribution < -0.4 is 5.32 Å². The topological polar surface area (TPSA) is 61.6 Å². The normalized spacial score (nSPS) is 28.2. The van der Waals surface area contributed by atoms with Crippen molar-refractivity contribution in [3.8, 4) is 6.07 Å². The molecule has 2 unspecified atom stereocenters. The second kappa shape index (κ2) is 5.57. The van der Waals surface area contributed by atoms with Crippen molar-refractivity contribution >= 4 is 34.9 Å². The van der Waals surface area contributed by atoms with Crippen molar-refractivity contribution in [1.82, 2.24) is 15.5 Å². The first-order valence-corrected chi connectivity index (χ1v) is 8.28. The number of hydrogen-bond donors (Lipinski definition) is 1. The van der Waals surface area contributed by atoms with Gasteiger partial charge in [-0.1, -0.05) is 34.9 Å². The Morgan fingerprint density at radius 1 is 1.53 bits per heavy atom. The van der Waals surface area contributed by atoms with Crippen LogP contribution in [0.4, 0.5) is 0 Å². The first kappa shape index (κ1) is 13.1. The van der Waals surface area contributed by atoms with Gasteiger partial charge >= 0.3 is 0 Å². The summed E-state index contributed by atoms with van der Waals surface area (Å²) in [5.41, 5.74) is -0.329. The lowest BCUT2D eigenvalue weighted by Crippen LogP contribution is -2.38. The van der Waals surface area contributed by atoms with Crippen molar-refractivity contribution in [3.05, 3.63) is 0 Å². The number of rotatable bonds is 4. The van der Waals surface area contributed by atoms with Crippen LogP contribution in [0.15, 0.2) is 8.68 Å². The number of aromatic nitrogens is 2. The van der Waals surface area contributed by atoms with E-state index in [0.29, 0.717) is 5.25 Å². The summed E-state index contributed by atoms with van der Waals surface area (Å²) < 4.78 is 2.02. The van der Waals surface area contributed by atoms with Crippen molar-refractivity contribution in [2.75, 3.05) is 13.3 Å². The summed E-state index contributed by atoms with van der Waals surface area (Å²) in [4.78, 5) is 0. The summed E-state index contributed by atoms with van der Waals surface area (Å²) in [7, 11) is 1.87. The van der Waals surface area contributed by atoms with E-state index in [-0.39, 0.29) is 5.54 Å². The molecule has 17 heavy (non-hydrogen) atoms. The summed E-state index contributed by atoms with van der Waals surface area (Å²) in [6, 6.07) is 2.40. The maximum absolute atomic E-state index is 9.19. The minimum Gasteiger partial charge on any atom is -0.302 e. The number of thioether (sulfide) groups is 2. The number of nitrogens with one attached hydrogen (secondary N) is 1. The monoisotopic (exact) mass is 286 g/mol. The fourth-order valence-electron chi connectivity index (χ4n) is 1.96. The second-order valence-electron chi connectivity index (χ2n) is 3.96. The van der Waals surface area contributed by atoms with E-state index in [4.69, 9.17) is 0 Å². The minimum atomic E-state index is -0.329. The third kappa shape index (κ3) is 2.94. The molecule has 1 aromatic rings. The van der Waals surface area contributed by atoms with Gasteiger partial charge in [-0.2, -0.15) is 5.26 Å². The van der Waals surface area contributed by atoms with E-state index in [1.54, 1.807) is 34.9 Å². The Kier molecular flexibility index (Phi) is 4.31. The number of hydrogen-bond acceptors (Lipinski definition) is 7. The van der Waals surface area contributed by atoms with Crippen LogP contribution in [0, 0.1) is 11.3 Å². The molecule has 7 heteroatoms. The van der Waals surface area contributed by atoms with Crippen molar-refractivity contribution in [1.29, 1.82) is 5.26 Å². The van der Waals surface area contributed by atoms with Crippen molar-refractivity contribution in [3.63, 3.8) is 0 Å². The Morgan fingerprint density at radius 3 is 2.82 bits per heavy atom. The van der Waals surface area contributed by atoms with Crippen LogP contribution in [-0.2, 0) is 0 Å². The molecule has 4 nitrogen and oxygen atoms in total. The van der Waals surface area contributed by atoms with Gasteiger partial charge in [-0.3, -0.25) is 0 Å². The predicted molar refractivity (Wildman–Crippen MR) is 72.6 cm³/mol. The lowest BCUT2D eigenvalue weighted by molar-refractivity contribution is 0.464. The molecule has 0 bridgehead atoms. The summed E-state index contributed by atoms with van der Waals surface area (Å²) in [6.45, 7) is 0. The SMILES string of the molecule is CNC1(C#N)CCC(Sc2nnc(SC)s2)C1. The van der Waals surface area contributed by atoms with Crippen LogP contribution in [0.5, 0.6) is 0 Å². The fraction of sp³-hybridized carbons (Fsp3) is 0.700. The molecule has 1 aliphatic carbocycles. The van der Waals surface area contributed by atoms with E-state index in [1.165, 1.54) is 0 Å². The lowest BCUT2D eigenvalue weighted by atomic mass is 10.0. The Morgan fingerprint density at radius 2 is 2.29 bits per heavy atom. The Bertz CT molecular complexity index is 427. The average molecular weight is 286 g/mol. The molecular formula is C10H14N4S3. The van der Waals surface area contributed by atoms with Gasteiger partial charge in [0, 0.05) is 5.25 Å². The van der Waals surface area contributed by atoms with Gasteiger partial charge in [0.05, 0.1) is 6.07 Å². The van der Waals surface area contributed by atoms with Gasteiger partial charge in [0.2, 0.25) is 0 Å². The molecule has 1 aromatic heterocycles. The van der Waals surface area contributed by atoms with Gasteiger partial charge in [-0.25, -0.2) is 0 Å². The van der Waals surface area contributed by atoms with Gasteiger partial charge in [0.1, 0.15) is 5.54 Å². The quantitative estimate of drug-likeness (QED) is 0.858. The highest BCUT2D eigenvalue weighted by Gasteiger charge is 2.38. The van der Waals surface area contributed by atoms with Crippen LogP contribution in [-0.4, -0.2) is 34.3 Å². The molecule has 0 spiro atoms. The molecule has 0 aliphatic heterocycles. The Balaban J connectivity index is 1.96. The molecule has 0 saturated heterocycles. The molecule has 1 saturated carbocycles. The fourth-order valence-corrected chi connectivity index (χ4v) is 4.93. The Hall–Kier alpha value is -0.290. The van der Waals surface area contributed by atoms with Crippen LogP contribution in [0.3, 0.4) is 0 Å². The van der Waals surface area contributed by atoms with Crippen LogP contribution in [0.1, 0.15) is 19.3 Å². The van der Waals surface area contributed by atoms with Gasteiger partial charge < -0.3 is 5.32 Å². The van der Waals surface area contributed by atoms with Crippen LogP contribution >= 0.6 is 34.9 Å². The minimum absolute atomic E-state index is 0.329. The molecule has 1 fully saturated rings. The summed E-state index contributed by atoms with van der Waals surface area (Å²) in [5, 5.41) is 21.1. The van der Waals surface area contributed by atoms with Crippen molar-refractivity contribution in [2.24, 2.45) is 0 Å². The molecule has 1 aliphatic rings. The zero-order valence-electron chi connectivity index (χ0n) is 9.77. The van der Waals surface area contributed by atoms with Gasteiger partial charge in [-0.05, 0) is 32.6 Å². The maximum Gasteiger partial charge on any atom is 0.175 e. The molecule has 2 rings (SSSR count). The highest BCUT2D eigenvalue weighted by atomic mass is 32.2. The van der Waals surface area contributed by atoms with Gasteiger partial charge in [0.15, 0.2) is 8.68 Å². The maximum atomic E-state index is 9.19. The summed E-state index contributed by atoms with van der Waals surface area (Å²) in [5.74, 6) is 0. The predicted octanol–water partition coefficient (Wildman–Crippen LogP) is 2.39. The van der Waals surface area contributed by atoms with E-state index >= 15 is 0 Å². The van der Waals surface area contributed by atoms with Gasteiger partial charge in [-0.15, -0.1) is 10.2 Å². The highest BCUT2D eigenvalue weighted by Crippen LogP contribution is 2.41. The molecule has 0 aromatic carbocycles. The van der Waals surface area contributed by atoms with Crippen LogP contribution in [0.25, 0.3) is 0 Å². The van der Waals surface area contributed by atoms with Crippen molar-refractivity contribution < 1.29 is 0 Å². The van der Waals surface area contributed by atoms with Crippen LogP contribution in [0.2, 0.25) is 0 Å². The molecule has 0 radical (unpaired) electrons. The number of nitrogens with zero attached hydrogens (tertiary/aromatic N) is 3. The standard InChI is InChI=1S/C10H14N4S3/c1-12-10(6-11)4-3-7(5-10)16-9-14-13-8(15-2)17-9/h7,12H,3-5H2,1-2H3. The molecule has 0 amide bonds. The zero-order chi connectivity index (χ0) is 12.3. The molecule has 2 atom stereocenters. The molecule has 1 heterocycles. The smallest absolute Gasteiger partial charge is 0.175 e.